The fraction of sp³-hybridized carbons (Fsp3) is 0.263. The maximum absolute atomic E-state index is 12.2. The summed E-state index contributed by atoms with van der Waals surface area (Å²) < 4.78 is 5.19. The lowest BCUT2D eigenvalue weighted by Gasteiger charge is -2.21. The summed E-state index contributed by atoms with van der Waals surface area (Å²) in [7, 11) is 1.64. The van der Waals surface area contributed by atoms with Crippen molar-refractivity contribution in [1.29, 1.82) is 0 Å². The van der Waals surface area contributed by atoms with Crippen LogP contribution in [0.3, 0.4) is 0 Å². The minimum Gasteiger partial charge on any atom is -0.497 e. The van der Waals surface area contributed by atoms with Crippen LogP contribution in [0.2, 0.25) is 0 Å². The summed E-state index contributed by atoms with van der Waals surface area (Å²) in [6, 6.07) is 15.7. The van der Waals surface area contributed by atoms with E-state index in [-0.39, 0.29) is 17.8 Å². The molecular weight excluding hydrogens is 324 g/mol. The Labute approximate surface area is 146 Å². The minimum atomic E-state index is -0.188. The van der Waals surface area contributed by atoms with Gasteiger partial charge in [0.2, 0.25) is 0 Å². The molecule has 1 heterocycles. The molecule has 3 rings (SSSR count). The van der Waals surface area contributed by atoms with Gasteiger partial charge in [-0.05, 0) is 42.3 Å². The topological polar surface area (TPSA) is 41.9 Å². The van der Waals surface area contributed by atoms with E-state index in [1.165, 1.54) is 5.01 Å². The van der Waals surface area contributed by atoms with Gasteiger partial charge < -0.3 is 4.74 Å². The third-order valence-corrected chi connectivity index (χ3v) is 4.36. The van der Waals surface area contributed by atoms with Crippen LogP contribution in [0, 0.1) is 6.92 Å². The zero-order valence-corrected chi connectivity index (χ0v) is 14.5. The van der Waals surface area contributed by atoms with E-state index in [1.54, 1.807) is 7.11 Å². The highest BCUT2D eigenvalue weighted by Gasteiger charge is 2.32. The third kappa shape index (κ3) is 3.29. The Bertz CT molecular complexity index is 771. The zero-order chi connectivity index (χ0) is 17.1. The first-order valence-electron chi connectivity index (χ1n) is 7.79. The molecule has 4 nitrogen and oxygen atoms in total. The van der Waals surface area contributed by atoms with Gasteiger partial charge in [-0.1, -0.05) is 29.8 Å². The third-order valence-electron chi connectivity index (χ3n) is 4.13. The molecule has 2 aromatic rings. The van der Waals surface area contributed by atoms with Gasteiger partial charge in [-0.3, -0.25) is 4.79 Å². The molecule has 1 aliphatic rings. The number of ether oxygens (including phenoxy) is 1. The molecule has 0 unspecified atom stereocenters. The van der Waals surface area contributed by atoms with Gasteiger partial charge in [0.15, 0.2) is 0 Å². The van der Waals surface area contributed by atoms with Crippen molar-refractivity contribution in [1.82, 2.24) is 5.01 Å². The smallest absolute Gasteiger partial charge is 0.258 e. The number of aryl methyl sites for hydroxylation is 1. The van der Waals surface area contributed by atoms with Crippen molar-refractivity contribution >= 4 is 23.2 Å². The lowest BCUT2D eigenvalue weighted by molar-refractivity contribution is -0.130. The van der Waals surface area contributed by atoms with Gasteiger partial charge in [0, 0.05) is 6.42 Å². The van der Waals surface area contributed by atoms with Crippen molar-refractivity contribution in [3.63, 3.8) is 0 Å². The fourth-order valence-corrected chi connectivity index (χ4v) is 3.02. The molecule has 1 aliphatic heterocycles. The molecule has 0 saturated heterocycles. The van der Waals surface area contributed by atoms with Gasteiger partial charge in [-0.2, -0.15) is 5.10 Å². The van der Waals surface area contributed by atoms with Crippen LogP contribution in [-0.4, -0.2) is 29.6 Å². The van der Waals surface area contributed by atoms with E-state index >= 15 is 0 Å². The van der Waals surface area contributed by atoms with E-state index in [0.717, 1.165) is 28.2 Å². The van der Waals surface area contributed by atoms with Gasteiger partial charge in [0.05, 0.1) is 18.9 Å². The molecule has 0 saturated carbocycles. The van der Waals surface area contributed by atoms with Gasteiger partial charge in [0.25, 0.3) is 5.91 Å². The van der Waals surface area contributed by atoms with Crippen LogP contribution in [0.4, 0.5) is 0 Å². The number of methoxy groups -OCH3 is 1. The molecule has 124 valence electrons. The Morgan fingerprint density at radius 1 is 1.29 bits per heavy atom. The summed E-state index contributed by atoms with van der Waals surface area (Å²) in [6.07, 6.45) is 0.665. The maximum Gasteiger partial charge on any atom is 0.258 e. The first-order valence-corrected chi connectivity index (χ1v) is 8.32. The van der Waals surface area contributed by atoms with Crippen molar-refractivity contribution in [2.45, 2.75) is 19.4 Å². The van der Waals surface area contributed by atoms with E-state index < -0.39 is 0 Å². The van der Waals surface area contributed by atoms with Crippen molar-refractivity contribution in [2.75, 3.05) is 13.0 Å². The van der Waals surface area contributed by atoms with Crippen LogP contribution in [-0.2, 0) is 4.79 Å². The van der Waals surface area contributed by atoms with Crippen LogP contribution < -0.4 is 4.74 Å². The van der Waals surface area contributed by atoms with Gasteiger partial charge in [-0.25, -0.2) is 5.01 Å². The highest BCUT2D eigenvalue weighted by molar-refractivity contribution is 6.27. The van der Waals surface area contributed by atoms with E-state index in [2.05, 4.69) is 11.2 Å². The first kappa shape index (κ1) is 16.5. The van der Waals surface area contributed by atoms with E-state index in [0.29, 0.717) is 6.42 Å². The average Bonchev–Trinajstić information content (AvgIpc) is 3.06. The number of halogens is 1. The van der Waals surface area contributed by atoms with Gasteiger partial charge in [-0.15, -0.1) is 11.6 Å². The SMILES string of the molecule is COc1ccc(C2=NN(C(=O)CCl)[C@H](c3cccc(C)c3)C2)cc1. The molecule has 0 fully saturated rings. The molecule has 0 N–H and O–H groups in total. The number of carbonyl (C=O) groups is 1. The highest BCUT2D eigenvalue weighted by Crippen LogP contribution is 2.33. The van der Waals surface area contributed by atoms with Crippen LogP contribution >= 0.6 is 11.6 Å². The Morgan fingerprint density at radius 3 is 2.67 bits per heavy atom. The quantitative estimate of drug-likeness (QED) is 0.790. The summed E-state index contributed by atoms with van der Waals surface area (Å²) in [5.74, 6) is 0.523. The molecule has 1 amide bonds. The summed E-state index contributed by atoms with van der Waals surface area (Å²) in [5.41, 5.74) is 4.09. The Morgan fingerprint density at radius 2 is 2.04 bits per heavy atom. The van der Waals surface area contributed by atoms with Crippen LogP contribution in [0.15, 0.2) is 53.6 Å². The van der Waals surface area contributed by atoms with Crippen molar-refractivity contribution in [3.8, 4) is 5.75 Å². The lowest BCUT2D eigenvalue weighted by atomic mass is 9.97. The van der Waals surface area contributed by atoms with E-state index in [4.69, 9.17) is 16.3 Å². The van der Waals surface area contributed by atoms with Crippen molar-refractivity contribution in [3.05, 3.63) is 65.2 Å². The summed E-state index contributed by atoms with van der Waals surface area (Å²) >= 11 is 5.77. The van der Waals surface area contributed by atoms with Crippen molar-refractivity contribution < 1.29 is 9.53 Å². The number of amides is 1. The molecule has 1 atom stereocenters. The Balaban J connectivity index is 1.93. The second-order valence-corrected chi connectivity index (χ2v) is 6.05. The molecule has 0 aromatic heterocycles. The number of hydrogen-bond donors (Lipinski definition) is 0. The molecule has 2 aromatic carbocycles. The van der Waals surface area contributed by atoms with E-state index in [9.17, 15) is 4.79 Å². The second kappa shape index (κ2) is 7.05. The number of nitrogens with zero attached hydrogens (tertiary/aromatic N) is 2. The van der Waals surface area contributed by atoms with Crippen LogP contribution in [0.25, 0.3) is 0 Å². The monoisotopic (exact) mass is 342 g/mol. The molecule has 0 aliphatic carbocycles. The molecule has 5 heteroatoms. The largest absolute Gasteiger partial charge is 0.497 e. The number of rotatable bonds is 4. The molecular formula is C19H19ClN2O2. The number of benzene rings is 2. The van der Waals surface area contributed by atoms with E-state index in [1.807, 2.05) is 49.4 Å². The predicted molar refractivity (Wildman–Crippen MR) is 95.6 cm³/mol. The van der Waals surface area contributed by atoms with Gasteiger partial charge >= 0.3 is 0 Å². The number of hydrazone groups is 1. The maximum atomic E-state index is 12.2. The van der Waals surface area contributed by atoms with Crippen LogP contribution in [0.1, 0.15) is 29.2 Å². The molecule has 0 spiro atoms. The second-order valence-electron chi connectivity index (χ2n) is 5.78. The molecule has 0 radical (unpaired) electrons. The number of carbonyl (C=O) groups excluding carboxylic acids is 1. The fourth-order valence-electron chi connectivity index (χ4n) is 2.90. The predicted octanol–water partition coefficient (Wildman–Crippen LogP) is 3.92. The minimum absolute atomic E-state index is 0.0816. The first-order chi connectivity index (χ1) is 11.6. The highest BCUT2D eigenvalue weighted by atomic mass is 35.5. The summed E-state index contributed by atoms with van der Waals surface area (Å²) in [5, 5.41) is 6.06. The van der Waals surface area contributed by atoms with Gasteiger partial charge in [0.1, 0.15) is 11.6 Å². The average molecular weight is 343 g/mol. The Hall–Kier alpha value is -2.33. The Kier molecular flexibility index (Phi) is 4.86. The van der Waals surface area contributed by atoms with Crippen LogP contribution in [0.5, 0.6) is 5.75 Å². The van der Waals surface area contributed by atoms with Crippen molar-refractivity contribution in [2.24, 2.45) is 5.10 Å². The number of hydrogen-bond acceptors (Lipinski definition) is 3. The lowest BCUT2D eigenvalue weighted by Crippen LogP contribution is -2.28. The zero-order valence-electron chi connectivity index (χ0n) is 13.7. The molecule has 0 bridgehead atoms. The number of alkyl halides is 1. The summed E-state index contributed by atoms with van der Waals surface area (Å²) in [4.78, 5) is 12.2. The standard InChI is InChI=1S/C19H19ClN2O2/c1-13-4-3-5-15(10-13)18-11-17(21-22(18)19(23)12-20)14-6-8-16(24-2)9-7-14/h3-10,18H,11-12H2,1-2H3/t18-/m0/s1. The normalized spacial score (nSPS) is 16.9. The summed E-state index contributed by atoms with van der Waals surface area (Å²) in [6.45, 7) is 2.04. The molecule has 24 heavy (non-hydrogen) atoms.